The van der Waals surface area contributed by atoms with Crippen molar-refractivity contribution in [2.45, 2.75) is 0 Å². The van der Waals surface area contributed by atoms with E-state index in [9.17, 15) is 20.2 Å². The summed E-state index contributed by atoms with van der Waals surface area (Å²) in [5.41, 5.74) is -0.106. The van der Waals surface area contributed by atoms with Crippen molar-refractivity contribution < 1.29 is 9.72 Å². The molecule has 25 heavy (non-hydrogen) atoms. The van der Waals surface area contributed by atoms with E-state index in [1.807, 2.05) is 0 Å². The summed E-state index contributed by atoms with van der Waals surface area (Å²) in [7, 11) is 0. The van der Waals surface area contributed by atoms with Gasteiger partial charge in [0.1, 0.15) is 16.7 Å². The van der Waals surface area contributed by atoms with Gasteiger partial charge >= 0.3 is 0 Å². The minimum atomic E-state index is -0.696. The van der Waals surface area contributed by atoms with Crippen LogP contribution in [-0.4, -0.2) is 10.8 Å². The number of benzene rings is 2. The molecule has 0 aliphatic rings. The quantitative estimate of drug-likeness (QED) is 0.336. The first-order valence-corrected chi connectivity index (χ1v) is 7.77. The normalized spacial score (nSPS) is 10.9. The van der Waals surface area contributed by atoms with Gasteiger partial charge in [0, 0.05) is 27.4 Å². The molecule has 0 spiro atoms. The van der Waals surface area contributed by atoms with Gasteiger partial charge in [0.2, 0.25) is 0 Å². The highest BCUT2D eigenvalue weighted by molar-refractivity contribution is 6.37. The highest BCUT2D eigenvalue weighted by Gasteiger charge is 2.17. The van der Waals surface area contributed by atoms with Gasteiger partial charge in [-0.1, -0.05) is 34.8 Å². The molecule has 0 radical (unpaired) electrons. The molecule has 2 rings (SSSR count). The molecule has 2 aromatic rings. The number of nitrogens with one attached hydrogen (secondary N) is 1. The van der Waals surface area contributed by atoms with Crippen LogP contribution in [0.4, 0.5) is 11.4 Å². The van der Waals surface area contributed by atoms with Gasteiger partial charge in [0.05, 0.1) is 4.92 Å². The molecule has 1 N–H and O–H groups in total. The lowest BCUT2D eigenvalue weighted by Crippen LogP contribution is -2.13. The zero-order valence-corrected chi connectivity index (χ0v) is 14.6. The molecular weight excluding hydrogens is 389 g/mol. The van der Waals surface area contributed by atoms with Crippen LogP contribution in [0.15, 0.2) is 42.0 Å². The molecule has 0 saturated heterocycles. The number of anilines is 1. The van der Waals surface area contributed by atoms with E-state index in [1.54, 1.807) is 30.3 Å². The van der Waals surface area contributed by atoms with Crippen molar-refractivity contribution in [3.8, 4) is 6.07 Å². The number of halogens is 3. The van der Waals surface area contributed by atoms with Gasteiger partial charge in [-0.2, -0.15) is 5.26 Å². The Bertz CT molecular complexity index is 919. The Morgan fingerprint density at radius 1 is 1.16 bits per heavy atom. The third-order valence-electron chi connectivity index (χ3n) is 3.03. The number of nitrogens with zero attached hydrogens (tertiary/aromatic N) is 2. The predicted octanol–water partition coefficient (Wildman–Crippen LogP) is 5.10. The molecule has 6 nitrogen and oxygen atoms in total. The van der Waals surface area contributed by atoms with Crippen LogP contribution in [0, 0.1) is 21.4 Å². The molecule has 0 unspecified atom stereocenters. The number of hydrogen-bond donors (Lipinski definition) is 1. The minimum Gasteiger partial charge on any atom is -0.321 e. The first kappa shape index (κ1) is 18.7. The second-order valence-corrected chi connectivity index (χ2v) is 5.96. The number of carbonyl (C=O) groups is 1. The third kappa shape index (κ3) is 4.70. The molecule has 0 atom stereocenters. The lowest BCUT2D eigenvalue weighted by Gasteiger charge is -2.05. The Kier molecular flexibility index (Phi) is 5.99. The molecular formula is C16H8Cl3N3O3. The first-order chi connectivity index (χ1) is 11.8. The van der Waals surface area contributed by atoms with E-state index in [2.05, 4.69) is 5.32 Å². The molecule has 0 aliphatic carbocycles. The van der Waals surface area contributed by atoms with Crippen LogP contribution >= 0.6 is 34.8 Å². The zero-order chi connectivity index (χ0) is 18.6. The fourth-order valence-corrected chi connectivity index (χ4v) is 2.47. The van der Waals surface area contributed by atoms with E-state index < -0.39 is 10.8 Å². The summed E-state index contributed by atoms with van der Waals surface area (Å²) in [4.78, 5) is 22.5. The topological polar surface area (TPSA) is 96.0 Å². The molecule has 1 amide bonds. The van der Waals surface area contributed by atoms with E-state index in [4.69, 9.17) is 34.8 Å². The average Bonchev–Trinajstić information content (AvgIpc) is 2.55. The van der Waals surface area contributed by atoms with Gasteiger partial charge in [0.25, 0.3) is 11.6 Å². The highest BCUT2D eigenvalue weighted by atomic mass is 35.5. The van der Waals surface area contributed by atoms with Gasteiger partial charge in [-0.05, 0) is 36.4 Å². The minimum absolute atomic E-state index is 0.0719. The maximum Gasteiger partial charge on any atom is 0.288 e. The third-order valence-corrected chi connectivity index (χ3v) is 3.91. The van der Waals surface area contributed by atoms with Crippen molar-refractivity contribution in [1.29, 1.82) is 5.26 Å². The number of rotatable bonds is 4. The molecule has 2 aromatic carbocycles. The Balaban J connectivity index is 2.35. The smallest absolute Gasteiger partial charge is 0.288 e. The summed E-state index contributed by atoms with van der Waals surface area (Å²) in [6.45, 7) is 0. The summed E-state index contributed by atoms with van der Waals surface area (Å²) in [5.74, 6) is -0.696. The van der Waals surface area contributed by atoms with E-state index in [1.165, 1.54) is 6.07 Å². The lowest BCUT2D eigenvalue weighted by atomic mass is 10.1. The molecule has 0 saturated carbocycles. The van der Waals surface area contributed by atoms with E-state index in [-0.39, 0.29) is 26.9 Å². The summed E-state index contributed by atoms with van der Waals surface area (Å²) in [6, 6.07) is 10.3. The van der Waals surface area contributed by atoms with Crippen LogP contribution in [0.5, 0.6) is 0 Å². The number of nitro benzene ring substituents is 1. The van der Waals surface area contributed by atoms with Gasteiger partial charge < -0.3 is 5.32 Å². The maximum absolute atomic E-state index is 12.2. The van der Waals surface area contributed by atoms with Crippen molar-refractivity contribution in [3.05, 3.63) is 72.7 Å². The Labute approximate surface area is 157 Å². The van der Waals surface area contributed by atoms with Gasteiger partial charge in [-0.3, -0.25) is 14.9 Å². The summed E-state index contributed by atoms with van der Waals surface area (Å²) in [6.07, 6.45) is 1.15. The molecule has 0 aliphatic heterocycles. The molecule has 0 aromatic heterocycles. The Hall–Kier alpha value is -2.59. The van der Waals surface area contributed by atoms with Gasteiger partial charge in [0.15, 0.2) is 0 Å². The van der Waals surface area contributed by atoms with Crippen LogP contribution in [0.1, 0.15) is 5.56 Å². The van der Waals surface area contributed by atoms with E-state index >= 15 is 0 Å². The molecule has 0 heterocycles. The monoisotopic (exact) mass is 395 g/mol. The molecule has 0 fully saturated rings. The standard InChI is InChI=1S/C16H8Cl3N3O3/c17-11-1-3-12(4-2-11)21-16(23)10(8-20)5-9-6-15(22(24)25)14(19)7-13(9)18/h1-7H,(H,21,23). The second kappa shape index (κ2) is 7.99. The molecule has 9 heteroatoms. The molecule has 0 bridgehead atoms. The predicted molar refractivity (Wildman–Crippen MR) is 96.8 cm³/mol. The second-order valence-electron chi connectivity index (χ2n) is 4.71. The van der Waals surface area contributed by atoms with Crippen molar-refractivity contribution in [3.63, 3.8) is 0 Å². The van der Waals surface area contributed by atoms with E-state index in [0.29, 0.717) is 10.7 Å². The number of carbonyl (C=O) groups excluding carboxylic acids is 1. The van der Waals surface area contributed by atoms with Crippen molar-refractivity contribution in [1.82, 2.24) is 0 Å². The largest absolute Gasteiger partial charge is 0.321 e. The maximum atomic E-state index is 12.2. The van der Waals surface area contributed by atoms with Crippen LogP contribution in [0.25, 0.3) is 6.08 Å². The van der Waals surface area contributed by atoms with Crippen molar-refractivity contribution >= 4 is 58.2 Å². The summed E-state index contributed by atoms with van der Waals surface area (Å²) >= 11 is 17.5. The highest BCUT2D eigenvalue weighted by Crippen LogP contribution is 2.32. The molecule has 126 valence electrons. The first-order valence-electron chi connectivity index (χ1n) is 6.64. The fraction of sp³-hybridized carbons (Fsp3) is 0. The number of hydrogen-bond acceptors (Lipinski definition) is 4. The fourth-order valence-electron chi connectivity index (χ4n) is 1.84. The zero-order valence-electron chi connectivity index (χ0n) is 12.3. The van der Waals surface area contributed by atoms with Crippen molar-refractivity contribution in [2.24, 2.45) is 0 Å². The average molecular weight is 397 g/mol. The Morgan fingerprint density at radius 2 is 1.80 bits per heavy atom. The SMILES string of the molecule is N#CC(=Cc1cc([N+](=O)[O-])c(Cl)cc1Cl)C(=O)Nc1ccc(Cl)cc1. The van der Waals surface area contributed by atoms with Gasteiger partial charge in [-0.25, -0.2) is 0 Å². The Morgan fingerprint density at radius 3 is 2.36 bits per heavy atom. The number of amides is 1. The van der Waals surface area contributed by atoms with Crippen LogP contribution in [0.3, 0.4) is 0 Å². The summed E-state index contributed by atoms with van der Waals surface area (Å²) < 4.78 is 0. The number of nitro groups is 1. The van der Waals surface area contributed by atoms with Gasteiger partial charge in [-0.15, -0.1) is 0 Å². The van der Waals surface area contributed by atoms with Crippen molar-refractivity contribution in [2.75, 3.05) is 5.32 Å². The number of nitriles is 1. The van der Waals surface area contributed by atoms with Crippen LogP contribution < -0.4 is 5.32 Å². The van der Waals surface area contributed by atoms with E-state index in [0.717, 1.165) is 12.1 Å². The summed E-state index contributed by atoms with van der Waals surface area (Å²) in [5, 5.41) is 23.1. The van der Waals surface area contributed by atoms with Crippen LogP contribution in [-0.2, 0) is 4.79 Å². The lowest BCUT2D eigenvalue weighted by molar-refractivity contribution is -0.384. The van der Waals surface area contributed by atoms with Crippen LogP contribution in [0.2, 0.25) is 15.1 Å².